The molecule has 2 N–H and O–H groups in total. The van der Waals surface area contributed by atoms with Gasteiger partial charge in [0.15, 0.2) is 5.82 Å². The lowest BCUT2D eigenvalue weighted by Gasteiger charge is -2.32. The van der Waals surface area contributed by atoms with Crippen molar-refractivity contribution in [3.63, 3.8) is 0 Å². The van der Waals surface area contributed by atoms with Crippen LogP contribution in [0.4, 0.5) is 5.95 Å². The van der Waals surface area contributed by atoms with E-state index in [4.69, 9.17) is 16.6 Å². The number of halogens is 1. The van der Waals surface area contributed by atoms with Gasteiger partial charge in [-0.25, -0.2) is 9.97 Å². The second kappa shape index (κ2) is 20.4. The molecular formula is C48H61ClN10O4S. The Morgan fingerprint density at radius 1 is 0.906 bits per heavy atom. The fraction of sp³-hybridized carbons (Fsp3) is 0.562. The number of aryl methyl sites for hydroxylation is 2. The van der Waals surface area contributed by atoms with E-state index >= 15 is 0 Å². The van der Waals surface area contributed by atoms with Crippen molar-refractivity contribution in [2.24, 2.45) is 10.4 Å². The quantitative estimate of drug-likeness (QED) is 0.0836. The summed E-state index contributed by atoms with van der Waals surface area (Å²) in [6, 6.07) is 7.24. The molecule has 4 aromatic rings. The van der Waals surface area contributed by atoms with Crippen molar-refractivity contribution in [3.8, 4) is 5.00 Å². The van der Waals surface area contributed by atoms with E-state index in [0.29, 0.717) is 68.0 Å². The minimum Gasteiger partial charge on any atom is -0.356 e. The Balaban J connectivity index is 0.691. The molecule has 4 aliphatic heterocycles. The van der Waals surface area contributed by atoms with Crippen molar-refractivity contribution in [1.82, 2.24) is 40.3 Å². The first-order valence-corrected chi connectivity index (χ1v) is 24.5. The zero-order valence-corrected chi connectivity index (χ0v) is 39.0. The molecule has 1 unspecified atom stereocenters. The number of fused-ring (bicyclic) bond motifs is 3. The van der Waals surface area contributed by atoms with Crippen LogP contribution in [0.2, 0.25) is 5.02 Å². The summed E-state index contributed by atoms with van der Waals surface area (Å²) in [5.74, 6) is 2.28. The molecule has 3 fully saturated rings. The molecule has 1 spiro atoms. The summed E-state index contributed by atoms with van der Waals surface area (Å²) in [5, 5.41) is 16.3. The monoisotopic (exact) mass is 908 g/mol. The van der Waals surface area contributed by atoms with Crippen LogP contribution in [-0.4, -0.2) is 91.7 Å². The van der Waals surface area contributed by atoms with Crippen molar-refractivity contribution >= 4 is 58.2 Å². The number of carbonyl (C=O) groups is 4. The number of benzene rings is 1. The first kappa shape index (κ1) is 45.5. The Hall–Kier alpha value is -5.02. The van der Waals surface area contributed by atoms with Crippen LogP contribution < -0.4 is 15.5 Å². The second-order valence-electron chi connectivity index (χ2n) is 18.2. The van der Waals surface area contributed by atoms with E-state index < -0.39 is 11.5 Å². The van der Waals surface area contributed by atoms with E-state index in [2.05, 4.69) is 54.1 Å². The third-order valence-corrected chi connectivity index (χ3v) is 15.2. The number of likely N-dealkylation sites (tertiary alicyclic amines) is 1. The fourth-order valence-electron chi connectivity index (χ4n) is 9.85. The highest BCUT2D eigenvalue weighted by Crippen LogP contribution is 2.41. The SMILES string of the molecule is Cc1sc2c(c1C)C(c1ccc(Cl)cc1)=N[C@@H](CC(=O)NCCCCCCCCCCC(=O)N1CCC(c3cnc(N4CCC5(CCCC(=O)NC5=O)C4)nc3)CC1)c1nnc(C)n1-2. The number of carbonyl (C=O) groups excluding carboxylic acids is 4. The topological polar surface area (TPSA) is 168 Å². The van der Waals surface area contributed by atoms with Gasteiger partial charge in [0.1, 0.15) is 16.9 Å². The van der Waals surface area contributed by atoms with Crippen LogP contribution in [0.3, 0.4) is 0 Å². The number of nitrogens with one attached hydrogen (secondary N) is 2. The van der Waals surface area contributed by atoms with Crippen LogP contribution in [0.1, 0.15) is 153 Å². The van der Waals surface area contributed by atoms with Crippen LogP contribution in [-0.2, 0) is 19.2 Å². The average Bonchev–Trinajstić information content (AvgIpc) is 3.93. The van der Waals surface area contributed by atoms with Crippen LogP contribution in [0, 0.1) is 26.2 Å². The lowest BCUT2D eigenvalue weighted by molar-refractivity contribution is -0.135. The van der Waals surface area contributed by atoms with Gasteiger partial charge in [-0.15, -0.1) is 21.5 Å². The summed E-state index contributed by atoms with van der Waals surface area (Å²) >= 11 is 7.95. The van der Waals surface area contributed by atoms with Gasteiger partial charge in [0, 0.05) is 79.0 Å². The van der Waals surface area contributed by atoms with Crippen molar-refractivity contribution in [2.75, 3.05) is 37.6 Å². The number of rotatable bonds is 16. The first-order valence-electron chi connectivity index (χ1n) is 23.3. The number of piperidine rings is 1. The van der Waals surface area contributed by atoms with Gasteiger partial charge in [-0.3, -0.25) is 34.1 Å². The molecule has 0 radical (unpaired) electrons. The smallest absolute Gasteiger partial charge is 0.234 e. The zero-order valence-electron chi connectivity index (χ0n) is 37.5. The third-order valence-electron chi connectivity index (χ3n) is 13.8. The molecule has 4 amide bonds. The number of aliphatic imine (C=N–C) groups is 1. The number of nitrogens with zero attached hydrogens (tertiary/aromatic N) is 8. The van der Waals surface area contributed by atoms with Gasteiger partial charge in [0.25, 0.3) is 0 Å². The van der Waals surface area contributed by atoms with Gasteiger partial charge in [-0.05, 0) is 94.9 Å². The molecule has 3 saturated heterocycles. The number of thiophene rings is 1. The number of hydrogen-bond donors (Lipinski definition) is 2. The molecule has 1 aromatic carbocycles. The minimum absolute atomic E-state index is 0.0465. The Labute approximate surface area is 385 Å². The van der Waals surface area contributed by atoms with Gasteiger partial charge in [-0.1, -0.05) is 62.3 Å². The van der Waals surface area contributed by atoms with E-state index in [1.807, 2.05) is 48.5 Å². The maximum absolute atomic E-state index is 13.3. The molecule has 0 saturated carbocycles. The highest BCUT2D eigenvalue weighted by molar-refractivity contribution is 7.15. The molecule has 8 rings (SSSR count). The highest BCUT2D eigenvalue weighted by atomic mass is 35.5. The molecule has 0 aliphatic carbocycles. The molecule has 7 heterocycles. The molecule has 16 heteroatoms. The van der Waals surface area contributed by atoms with Crippen LogP contribution in [0.5, 0.6) is 0 Å². The van der Waals surface area contributed by atoms with Crippen molar-refractivity contribution in [3.05, 3.63) is 80.5 Å². The number of amides is 4. The van der Waals surface area contributed by atoms with Crippen LogP contribution >= 0.6 is 22.9 Å². The van der Waals surface area contributed by atoms with Crippen molar-refractivity contribution < 1.29 is 19.2 Å². The lowest BCUT2D eigenvalue weighted by atomic mass is 9.82. The van der Waals surface area contributed by atoms with Gasteiger partial charge >= 0.3 is 0 Å². The standard InChI is InChI=1S/C48H61ClN10O4S/c1-31-32(2)64-45-42(31)43(35-15-17-37(49)18-16-35)53-38(44-56-55-33(3)59(44)45)27-40(61)50-23-11-9-7-5-4-6-8-10-14-41(62)57-24-19-34(20-25-57)36-28-51-47(52-29-36)58-26-22-48(30-58)21-12-13-39(60)54-46(48)63/h15-18,28-29,34,38H,4-14,19-27,30H2,1-3H3,(H,50,61)(H,54,60,63)/t38-,48?/m0/s1. The largest absolute Gasteiger partial charge is 0.356 e. The maximum Gasteiger partial charge on any atom is 0.234 e. The Morgan fingerprint density at radius 3 is 2.34 bits per heavy atom. The predicted molar refractivity (Wildman–Crippen MR) is 249 cm³/mol. The Morgan fingerprint density at radius 2 is 1.61 bits per heavy atom. The minimum atomic E-state index is -0.544. The highest BCUT2D eigenvalue weighted by Gasteiger charge is 2.46. The summed E-state index contributed by atoms with van der Waals surface area (Å²) < 4.78 is 2.07. The summed E-state index contributed by atoms with van der Waals surface area (Å²) in [5.41, 5.74) is 4.57. The van der Waals surface area contributed by atoms with E-state index in [1.54, 1.807) is 11.3 Å². The number of anilines is 1. The van der Waals surface area contributed by atoms with E-state index in [9.17, 15) is 19.2 Å². The molecule has 0 bridgehead atoms. The Bertz CT molecular complexity index is 2350. The summed E-state index contributed by atoms with van der Waals surface area (Å²) in [6.07, 6.45) is 17.5. The number of imide groups is 1. The maximum atomic E-state index is 13.3. The van der Waals surface area contributed by atoms with Crippen molar-refractivity contribution in [1.29, 1.82) is 0 Å². The zero-order chi connectivity index (χ0) is 44.8. The summed E-state index contributed by atoms with van der Waals surface area (Å²) in [7, 11) is 0. The van der Waals surface area contributed by atoms with Gasteiger partial charge in [0.2, 0.25) is 29.6 Å². The van der Waals surface area contributed by atoms with E-state index in [0.717, 1.165) is 123 Å². The summed E-state index contributed by atoms with van der Waals surface area (Å²) in [6.45, 7) is 9.55. The van der Waals surface area contributed by atoms with Crippen molar-refractivity contribution in [2.45, 2.75) is 135 Å². The fourth-order valence-corrected chi connectivity index (χ4v) is 11.2. The molecule has 2 atom stereocenters. The number of aromatic nitrogens is 5. The molecule has 14 nitrogen and oxygen atoms in total. The normalized spacial score (nSPS) is 20.1. The van der Waals surface area contributed by atoms with Gasteiger partial charge in [0.05, 0.1) is 17.5 Å². The third kappa shape index (κ3) is 10.3. The number of unbranched alkanes of at least 4 members (excludes halogenated alkanes) is 7. The van der Waals surface area contributed by atoms with Crippen LogP contribution in [0.25, 0.3) is 5.00 Å². The van der Waals surface area contributed by atoms with E-state index in [1.165, 1.54) is 4.88 Å². The molecule has 340 valence electrons. The molecular weight excluding hydrogens is 848 g/mol. The molecule has 4 aliphatic rings. The van der Waals surface area contributed by atoms with Gasteiger partial charge in [-0.2, -0.15) is 0 Å². The predicted octanol–water partition coefficient (Wildman–Crippen LogP) is 8.04. The second-order valence-corrected chi connectivity index (χ2v) is 19.8. The molecule has 64 heavy (non-hydrogen) atoms. The first-order chi connectivity index (χ1) is 31.0. The van der Waals surface area contributed by atoms with E-state index in [-0.39, 0.29) is 30.0 Å². The number of hydrogen-bond acceptors (Lipinski definition) is 11. The molecule has 3 aromatic heterocycles. The average molecular weight is 910 g/mol. The van der Waals surface area contributed by atoms with Gasteiger partial charge < -0.3 is 15.1 Å². The van der Waals surface area contributed by atoms with Crippen LogP contribution in [0.15, 0.2) is 41.7 Å². The Kier molecular flexibility index (Phi) is 14.5. The lowest BCUT2D eigenvalue weighted by Crippen LogP contribution is -2.43. The summed E-state index contributed by atoms with van der Waals surface area (Å²) in [4.78, 5) is 70.9.